The van der Waals surface area contributed by atoms with Crippen molar-refractivity contribution < 1.29 is 23.8 Å². The number of hydrogen-bond donors (Lipinski definition) is 0. The van der Waals surface area contributed by atoms with Gasteiger partial charge in [0.2, 0.25) is 0 Å². The largest absolute Gasteiger partial charge is 0.464 e. The molecule has 6 nitrogen and oxygen atoms in total. The van der Waals surface area contributed by atoms with Gasteiger partial charge in [0.15, 0.2) is 0 Å². The first-order valence-electron chi connectivity index (χ1n) is 9.01. The molecule has 0 saturated carbocycles. The smallest absolute Gasteiger partial charge is 0.410 e. The molecule has 1 amide bonds. The first-order valence-corrected chi connectivity index (χ1v) is 9.38. The third kappa shape index (κ3) is 8.63. The zero-order valence-electron chi connectivity index (χ0n) is 17.0. The molecular weight excluding hydrogens is 370 g/mol. The quantitative estimate of drug-likeness (QED) is 0.601. The second-order valence-corrected chi connectivity index (χ2v) is 7.73. The normalized spacial score (nSPS) is 12.4. The maximum atomic E-state index is 12.1. The Labute approximate surface area is 166 Å². The standard InChI is InChI=1S/C20H30ClNO5/c1-7-25-18(23)13-26-17(16-12-15(21)9-8-14(16)2)10-11-22(6)19(24)27-20(3,4)5/h8-9,12,17H,7,10-11,13H2,1-6H3. The average molecular weight is 400 g/mol. The van der Waals surface area contributed by atoms with E-state index in [9.17, 15) is 9.59 Å². The molecular formula is C20H30ClNO5. The topological polar surface area (TPSA) is 65.1 Å². The van der Waals surface area contributed by atoms with Crippen LogP contribution in [0, 0.1) is 6.92 Å². The highest BCUT2D eigenvalue weighted by Crippen LogP contribution is 2.28. The Bertz CT molecular complexity index is 642. The SMILES string of the molecule is CCOC(=O)COC(CCN(C)C(=O)OC(C)(C)C)c1cc(Cl)ccc1C. The monoisotopic (exact) mass is 399 g/mol. The number of aryl methyl sites for hydroxylation is 1. The van der Waals surface area contributed by atoms with Crippen molar-refractivity contribution in [1.29, 1.82) is 0 Å². The van der Waals surface area contributed by atoms with E-state index in [4.69, 9.17) is 25.8 Å². The summed E-state index contributed by atoms with van der Waals surface area (Å²) in [5.41, 5.74) is 1.31. The minimum absolute atomic E-state index is 0.166. The molecule has 0 heterocycles. The molecule has 0 aliphatic carbocycles. The van der Waals surface area contributed by atoms with Crippen LogP contribution in [0.25, 0.3) is 0 Å². The van der Waals surface area contributed by atoms with Crippen LogP contribution in [-0.4, -0.2) is 49.4 Å². The van der Waals surface area contributed by atoms with Gasteiger partial charge in [0, 0.05) is 18.6 Å². The van der Waals surface area contributed by atoms with Gasteiger partial charge >= 0.3 is 12.1 Å². The number of carbonyl (C=O) groups excluding carboxylic acids is 2. The van der Waals surface area contributed by atoms with Gasteiger partial charge in [-0.3, -0.25) is 0 Å². The fourth-order valence-corrected chi connectivity index (χ4v) is 2.58. The van der Waals surface area contributed by atoms with E-state index in [-0.39, 0.29) is 6.61 Å². The van der Waals surface area contributed by atoms with Crippen LogP contribution in [0.2, 0.25) is 5.02 Å². The molecule has 27 heavy (non-hydrogen) atoms. The molecule has 0 fully saturated rings. The Morgan fingerprint density at radius 1 is 1.26 bits per heavy atom. The molecule has 1 unspecified atom stereocenters. The fraction of sp³-hybridized carbons (Fsp3) is 0.600. The summed E-state index contributed by atoms with van der Waals surface area (Å²) in [6.07, 6.45) is -0.330. The second kappa shape index (κ2) is 10.5. The molecule has 1 rings (SSSR count). The van der Waals surface area contributed by atoms with Crippen LogP contribution in [-0.2, 0) is 19.0 Å². The van der Waals surface area contributed by atoms with Crippen LogP contribution < -0.4 is 0 Å². The average Bonchev–Trinajstić information content (AvgIpc) is 2.56. The van der Waals surface area contributed by atoms with E-state index in [1.54, 1.807) is 20.0 Å². The Kier molecular flexibility index (Phi) is 9.06. The van der Waals surface area contributed by atoms with E-state index in [1.807, 2.05) is 39.8 Å². The van der Waals surface area contributed by atoms with Gasteiger partial charge in [-0.05, 0) is 64.3 Å². The summed E-state index contributed by atoms with van der Waals surface area (Å²) < 4.78 is 16.1. The van der Waals surface area contributed by atoms with Crippen molar-refractivity contribution in [1.82, 2.24) is 4.90 Å². The first kappa shape index (κ1) is 23.2. The number of ether oxygens (including phenoxy) is 3. The third-order valence-electron chi connectivity index (χ3n) is 3.73. The zero-order chi connectivity index (χ0) is 20.6. The third-order valence-corrected chi connectivity index (χ3v) is 3.96. The molecule has 0 aliphatic heterocycles. The lowest BCUT2D eigenvalue weighted by Crippen LogP contribution is -2.35. The predicted molar refractivity (Wildman–Crippen MR) is 105 cm³/mol. The van der Waals surface area contributed by atoms with E-state index in [1.165, 1.54) is 4.90 Å². The molecule has 1 atom stereocenters. The number of halogens is 1. The molecule has 0 radical (unpaired) electrons. The van der Waals surface area contributed by atoms with Crippen LogP contribution in [0.15, 0.2) is 18.2 Å². The lowest BCUT2D eigenvalue weighted by Gasteiger charge is -2.26. The van der Waals surface area contributed by atoms with Crippen molar-refractivity contribution in [2.45, 2.75) is 52.7 Å². The molecule has 0 aliphatic rings. The molecule has 0 bridgehead atoms. The summed E-state index contributed by atoms with van der Waals surface area (Å²) in [4.78, 5) is 25.3. The van der Waals surface area contributed by atoms with Crippen LogP contribution in [0.5, 0.6) is 0 Å². The molecule has 0 aromatic heterocycles. The molecule has 0 N–H and O–H groups in total. The summed E-state index contributed by atoms with van der Waals surface area (Å²) >= 11 is 6.13. The Hall–Kier alpha value is -1.79. The number of carbonyl (C=O) groups is 2. The maximum absolute atomic E-state index is 12.1. The predicted octanol–water partition coefficient (Wildman–Crippen LogP) is 4.53. The minimum atomic E-state index is -0.561. The Morgan fingerprint density at radius 2 is 1.93 bits per heavy atom. The summed E-state index contributed by atoms with van der Waals surface area (Å²) in [5.74, 6) is -0.428. The van der Waals surface area contributed by atoms with Gasteiger partial charge < -0.3 is 19.1 Å². The summed E-state index contributed by atoms with van der Waals surface area (Å²) in [7, 11) is 1.67. The van der Waals surface area contributed by atoms with Crippen molar-refractivity contribution in [3.05, 3.63) is 34.3 Å². The van der Waals surface area contributed by atoms with Gasteiger partial charge in [0.05, 0.1) is 12.7 Å². The molecule has 0 spiro atoms. The number of benzene rings is 1. The molecule has 7 heteroatoms. The first-order chi connectivity index (χ1) is 12.5. The Morgan fingerprint density at radius 3 is 2.52 bits per heavy atom. The lowest BCUT2D eigenvalue weighted by atomic mass is 10.0. The van der Waals surface area contributed by atoms with E-state index >= 15 is 0 Å². The van der Waals surface area contributed by atoms with E-state index in [0.717, 1.165) is 11.1 Å². The lowest BCUT2D eigenvalue weighted by molar-refractivity contribution is -0.150. The zero-order valence-corrected chi connectivity index (χ0v) is 17.8. The highest BCUT2D eigenvalue weighted by Gasteiger charge is 2.22. The molecule has 1 aromatic carbocycles. The summed E-state index contributed by atoms with van der Waals surface area (Å²) in [6, 6.07) is 5.52. The minimum Gasteiger partial charge on any atom is -0.464 e. The number of rotatable bonds is 8. The van der Waals surface area contributed by atoms with Gasteiger partial charge in [-0.15, -0.1) is 0 Å². The van der Waals surface area contributed by atoms with Gasteiger partial charge in [-0.1, -0.05) is 17.7 Å². The second-order valence-electron chi connectivity index (χ2n) is 7.30. The summed E-state index contributed by atoms with van der Waals surface area (Å²) in [5, 5.41) is 0.584. The number of hydrogen-bond acceptors (Lipinski definition) is 5. The number of esters is 1. The number of nitrogens with zero attached hydrogens (tertiary/aromatic N) is 1. The van der Waals surface area contributed by atoms with Crippen molar-refractivity contribution in [2.24, 2.45) is 0 Å². The van der Waals surface area contributed by atoms with Gasteiger partial charge in [-0.2, -0.15) is 0 Å². The van der Waals surface area contributed by atoms with Crippen LogP contribution >= 0.6 is 11.6 Å². The van der Waals surface area contributed by atoms with Gasteiger partial charge in [-0.25, -0.2) is 9.59 Å². The highest BCUT2D eigenvalue weighted by molar-refractivity contribution is 6.30. The highest BCUT2D eigenvalue weighted by atomic mass is 35.5. The van der Waals surface area contributed by atoms with E-state index < -0.39 is 23.8 Å². The van der Waals surface area contributed by atoms with Gasteiger partial charge in [0.1, 0.15) is 12.2 Å². The van der Waals surface area contributed by atoms with Crippen LogP contribution in [0.4, 0.5) is 4.79 Å². The van der Waals surface area contributed by atoms with Crippen molar-refractivity contribution in [3.8, 4) is 0 Å². The van der Waals surface area contributed by atoms with Gasteiger partial charge in [0.25, 0.3) is 0 Å². The van der Waals surface area contributed by atoms with Crippen molar-refractivity contribution in [2.75, 3.05) is 26.8 Å². The van der Waals surface area contributed by atoms with Crippen LogP contribution in [0.3, 0.4) is 0 Å². The van der Waals surface area contributed by atoms with Crippen molar-refractivity contribution in [3.63, 3.8) is 0 Å². The fourth-order valence-electron chi connectivity index (χ4n) is 2.40. The van der Waals surface area contributed by atoms with Crippen LogP contribution in [0.1, 0.15) is 51.3 Å². The van der Waals surface area contributed by atoms with E-state index in [0.29, 0.717) is 24.6 Å². The maximum Gasteiger partial charge on any atom is 0.410 e. The Balaban J connectivity index is 2.83. The van der Waals surface area contributed by atoms with Crippen molar-refractivity contribution >= 4 is 23.7 Å². The molecule has 152 valence electrons. The molecule has 0 saturated heterocycles. The number of amides is 1. The van der Waals surface area contributed by atoms with E-state index in [2.05, 4.69) is 0 Å². The summed E-state index contributed by atoms with van der Waals surface area (Å²) in [6.45, 7) is 9.67. The molecule has 1 aromatic rings.